The second-order valence-electron chi connectivity index (χ2n) is 7.58. The number of likely N-dealkylation sites (tertiary alicyclic amines) is 1. The van der Waals surface area contributed by atoms with Crippen molar-refractivity contribution in [3.63, 3.8) is 0 Å². The largest absolute Gasteiger partial charge is 0.497 e. The number of nitrogens with zero attached hydrogens (tertiary/aromatic N) is 3. The fourth-order valence-electron chi connectivity index (χ4n) is 4.21. The fraction of sp³-hybridized carbons (Fsp3) is 0.375. The minimum atomic E-state index is -0.205. The Morgan fingerprint density at radius 3 is 2.57 bits per heavy atom. The van der Waals surface area contributed by atoms with Gasteiger partial charge in [-0.15, -0.1) is 0 Å². The highest BCUT2D eigenvalue weighted by Gasteiger charge is 2.20. The summed E-state index contributed by atoms with van der Waals surface area (Å²) in [6.45, 7) is 5.88. The molecule has 1 atom stereocenters. The molecule has 1 N–H and O–H groups in total. The van der Waals surface area contributed by atoms with Crippen molar-refractivity contribution >= 4 is 10.9 Å². The molecule has 30 heavy (non-hydrogen) atoms. The van der Waals surface area contributed by atoms with Crippen molar-refractivity contribution in [3.05, 3.63) is 48.0 Å². The lowest BCUT2D eigenvalue weighted by atomic mass is 10.1. The third-order valence-corrected chi connectivity index (χ3v) is 5.75. The summed E-state index contributed by atoms with van der Waals surface area (Å²) in [4.78, 5) is 2.21. The summed E-state index contributed by atoms with van der Waals surface area (Å²) in [7, 11) is 1.65. The summed E-state index contributed by atoms with van der Waals surface area (Å²) in [6.07, 6.45) is 0.636. The van der Waals surface area contributed by atoms with Gasteiger partial charge < -0.3 is 19.1 Å². The Morgan fingerprint density at radius 1 is 1.17 bits per heavy atom. The molecule has 6 heteroatoms. The van der Waals surface area contributed by atoms with Gasteiger partial charge >= 0.3 is 0 Å². The van der Waals surface area contributed by atoms with Crippen LogP contribution in [-0.2, 0) is 6.54 Å². The Morgan fingerprint density at radius 2 is 1.93 bits per heavy atom. The van der Waals surface area contributed by atoms with E-state index in [4.69, 9.17) is 9.47 Å². The van der Waals surface area contributed by atoms with Crippen molar-refractivity contribution in [2.75, 3.05) is 33.4 Å². The number of aliphatic hydroxyl groups is 1. The van der Waals surface area contributed by atoms with Crippen molar-refractivity contribution in [2.24, 2.45) is 0 Å². The van der Waals surface area contributed by atoms with Crippen LogP contribution in [0.1, 0.15) is 18.9 Å². The number of aryl methyl sites for hydroxylation is 1. The van der Waals surface area contributed by atoms with E-state index in [1.54, 1.807) is 7.11 Å². The number of fused-ring (bicyclic) bond motifs is 1. The third kappa shape index (κ3) is 3.87. The van der Waals surface area contributed by atoms with Crippen LogP contribution in [0.2, 0.25) is 0 Å². The van der Waals surface area contributed by atoms with E-state index >= 15 is 0 Å². The first-order valence-corrected chi connectivity index (χ1v) is 10.4. The van der Waals surface area contributed by atoms with Gasteiger partial charge in [0.1, 0.15) is 24.2 Å². The minimum Gasteiger partial charge on any atom is -0.497 e. The van der Waals surface area contributed by atoms with E-state index in [2.05, 4.69) is 22.5 Å². The zero-order chi connectivity index (χ0) is 21.1. The topological polar surface area (TPSA) is 70.6 Å². The Bertz CT molecular complexity index is 1070. The van der Waals surface area contributed by atoms with Crippen LogP contribution in [0.4, 0.5) is 0 Å². The molecular formula is C24H27N3O3. The molecule has 2 aromatic carbocycles. The Kier molecular flexibility index (Phi) is 5.93. The van der Waals surface area contributed by atoms with Crippen LogP contribution in [-0.4, -0.2) is 54.0 Å². The van der Waals surface area contributed by atoms with Crippen LogP contribution in [0, 0.1) is 11.3 Å². The predicted octanol–water partition coefficient (Wildman–Crippen LogP) is 3.65. The molecule has 1 fully saturated rings. The van der Waals surface area contributed by atoms with E-state index in [1.165, 1.54) is 0 Å². The molecule has 0 saturated carbocycles. The molecule has 2 heterocycles. The van der Waals surface area contributed by atoms with Crippen LogP contribution in [0.15, 0.2) is 42.5 Å². The second kappa shape index (κ2) is 8.78. The average molecular weight is 405 g/mol. The summed E-state index contributed by atoms with van der Waals surface area (Å²) in [5, 5.41) is 20.4. The van der Waals surface area contributed by atoms with Gasteiger partial charge in [-0.2, -0.15) is 5.26 Å². The monoisotopic (exact) mass is 405 g/mol. The van der Waals surface area contributed by atoms with Crippen LogP contribution < -0.4 is 9.47 Å². The van der Waals surface area contributed by atoms with Crippen molar-refractivity contribution in [3.8, 4) is 28.8 Å². The molecule has 1 aliphatic heterocycles. The number of nitriles is 1. The van der Waals surface area contributed by atoms with E-state index in [-0.39, 0.29) is 6.10 Å². The first-order valence-electron chi connectivity index (χ1n) is 10.4. The molecule has 1 saturated heterocycles. The van der Waals surface area contributed by atoms with E-state index in [9.17, 15) is 10.4 Å². The summed E-state index contributed by atoms with van der Waals surface area (Å²) in [5.41, 5.74) is 3.58. The smallest absolute Gasteiger partial charge is 0.120 e. The summed E-state index contributed by atoms with van der Waals surface area (Å²) >= 11 is 0. The third-order valence-electron chi connectivity index (χ3n) is 5.75. The number of ether oxygens (including phenoxy) is 2. The van der Waals surface area contributed by atoms with Crippen molar-refractivity contribution in [2.45, 2.75) is 26.0 Å². The zero-order valence-electron chi connectivity index (χ0n) is 17.5. The van der Waals surface area contributed by atoms with Gasteiger partial charge in [0.2, 0.25) is 0 Å². The van der Waals surface area contributed by atoms with Gasteiger partial charge in [-0.1, -0.05) is 0 Å². The molecule has 1 unspecified atom stereocenters. The van der Waals surface area contributed by atoms with Crippen LogP contribution in [0.25, 0.3) is 22.2 Å². The van der Waals surface area contributed by atoms with Gasteiger partial charge in [0.15, 0.2) is 0 Å². The van der Waals surface area contributed by atoms with Crippen LogP contribution in [0.3, 0.4) is 0 Å². The van der Waals surface area contributed by atoms with E-state index < -0.39 is 0 Å². The molecular weight excluding hydrogens is 378 g/mol. The molecule has 0 bridgehead atoms. The fourth-order valence-corrected chi connectivity index (χ4v) is 4.21. The highest BCUT2D eigenvalue weighted by molar-refractivity contribution is 5.95. The maximum atomic E-state index is 9.86. The van der Waals surface area contributed by atoms with Gasteiger partial charge in [0.25, 0.3) is 0 Å². The van der Waals surface area contributed by atoms with Gasteiger partial charge in [0.05, 0.1) is 30.0 Å². The van der Waals surface area contributed by atoms with Gasteiger partial charge in [-0.05, 0) is 55.3 Å². The number of aliphatic hydroxyl groups excluding tert-OH is 1. The van der Waals surface area contributed by atoms with Gasteiger partial charge in [0, 0.05) is 37.6 Å². The first-order chi connectivity index (χ1) is 14.6. The minimum absolute atomic E-state index is 0.205. The molecule has 0 radical (unpaired) electrons. The van der Waals surface area contributed by atoms with Crippen molar-refractivity contribution in [1.29, 1.82) is 5.26 Å². The molecule has 0 aliphatic carbocycles. The average Bonchev–Trinajstić information content (AvgIpc) is 3.33. The molecule has 3 aromatic rings. The Hall–Kier alpha value is -3.01. The lowest BCUT2D eigenvalue weighted by molar-refractivity contribution is 0.167. The van der Waals surface area contributed by atoms with Gasteiger partial charge in [-0.3, -0.25) is 4.90 Å². The van der Waals surface area contributed by atoms with Crippen LogP contribution >= 0.6 is 0 Å². The highest BCUT2D eigenvalue weighted by Crippen LogP contribution is 2.35. The lowest BCUT2D eigenvalue weighted by Crippen LogP contribution is -2.27. The number of rotatable bonds is 7. The molecule has 4 rings (SSSR count). The second-order valence-corrected chi connectivity index (χ2v) is 7.58. The zero-order valence-corrected chi connectivity index (χ0v) is 17.5. The standard InChI is InChI=1S/C24H27N3O3/c1-3-27-23-14-20(29-2)8-9-21(23)22(15-25)24(27)17-4-6-19(7-5-17)30-13-12-26-11-10-18(28)16-26/h4-9,14,18,28H,3,10-13,16H2,1-2H3. The quantitative estimate of drug-likeness (QED) is 0.650. The molecule has 1 aromatic heterocycles. The Labute approximate surface area is 176 Å². The van der Waals surface area contributed by atoms with E-state index in [1.807, 2.05) is 42.5 Å². The molecule has 0 spiro atoms. The first kappa shape index (κ1) is 20.3. The molecule has 0 amide bonds. The SMILES string of the molecule is CCn1c(-c2ccc(OCCN3CCC(O)C3)cc2)c(C#N)c2ccc(OC)cc21. The number of benzene rings is 2. The normalized spacial score (nSPS) is 16.7. The number of aromatic nitrogens is 1. The summed E-state index contributed by atoms with van der Waals surface area (Å²) in [6, 6.07) is 16.1. The van der Waals surface area contributed by atoms with Crippen molar-refractivity contribution < 1.29 is 14.6 Å². The highest BCUT2D eigenvalue weighted by atomic mass is 16.5. The molecule has 156 valence electrons. The number of β-amino-alcohol motifs (C(OH)–C–C–N with tert-alkyl or cyclic N) is 1. The van der Waals surface area contributed by atoms with Crippen molar-refractivity contribution in [1.82, 2.24) is 9.47 Å². The van der Waals surface area contributed by atoms with Crippen LogP contribution in [0.5, 0.6) is 11.5 Å². The van der Waals surface area contributed by atoms with E-state index in [0.717, 1.165) is 66.3 Å². The Balaban J connectivity index is 1.57. The number of hydrogen-bond donors (Lipinski definition) is 1. The molecule has 1 aliphatic rings. The summed E-state index contributed by atoms with van der Waals surface area (Å²) in [5.74, 6) is 1.58. The number of methoxy groups -OCH3 is 1. The predicted molar refractivity (Wildman–Crippen MR) is 117 cm³/mol. The summed E-state index contributed by atoms with van der Waals surface area (Å²) < 4.78 is 13.4. The molecule has 6 nitrogen and oxygen atoms in total. The number of hydrogen-bond acceptors (Lipinski definition) is 5. The maximum Gasteiger partial charge on any atom is 0.120 e. The maximum absolute atomic E-state index is 9.86. The lowest BCUT2D eigenvalue weighted by Gasteiger charge is -2.15. The van der Waals surface area contributed by atoms with Gasteiger partial charge in [-0.25, -0.2) is 0 Å². The van der Waals surface area contributed by atoms with E-state index in [0.29, 0.717) is 12.2 Å².